The number of pyridine rings is 1. The van der Waals surface area contributed by atoms with Crippen LogP contribution in [0.15, 0.2) is 53.6 Å². The van der Waals surface area contributed by atoms with E-state index in [1.54, 1.807) is 25.1 Å². The average molecular weight is 325 g/mol. The van der Waals surface area contributed by atoms with Crippen molar-refractivity contribution in [2.45, 2.75) is 11.4 Å². The second-order valence-electron chi connectivity index (χ2n) is 5.15. The number of nitrogen functional groups attached to an aromatic ring is 1. The second-order valence-corrected chi connectivity index (χ2v) is 6.03. The normalized spacial score (nSPS) is 10.7. The number of para-hydroxylation sites is 1. The van der Waals surface area contributed by atoms with E-state index in [2.05, 4.69) is 40.8 Å². The van der Waals surface area contributed by atoms with Gasteiger partial charge in [-0.2, -0.15) is 0 Å². The number of nitrogens with one attached hydrogen (secondary N) is 1. The van der Waals surface area contributed by atoms with Crippen molar-refractivity contribution in [3.05, 3.63) is 54.2 Å². The Morgan fingerprint density at radius 2 is 1.96 bits per heavy atom. The topological polar surface area (TPSA) is 60.2 Å². The molecule has 0 fully saturated rings. The van der Waals surface area contributed by atoms with Crippen LogP contribution in [0.3, 0.4) is 0 Å². The van der Waals surface area contributed by atoms with Crippen molar-refractivity contribution in [3.63, 3.8) is 0 Å². The van der Waals surface area contributed by atoms with Crippen LogP contribution in [-0.4, -0.2) is 18.3 Å². The zero-order chi connectivity index (χ0) is 16.2. The van der Waals surface area contributed by atoms with Crippen molar-refractivity contribution in [2.24, 2.45) is 0 Å². The Morgan fingerprint density at radius 3 is 2.65 bits per heavy atom. The molecule has 3 rings (SSSR count). The van der Waals surface area contributed by atoms with Crippen LogP contribution in [0.5, 0.6) is 5.75 Å². The maximum Gasteiger partial charge on any atom is 0.145 e. The third kappa shape index (κ3) is 3.19. The number of hydrogen-bond donors (Lipinski definition) is 2. The Hall–Kier alpha value is -2.40. The lowest BCUT2D eigenvalue weighted by Gasteiger charge is -2.14. The molecule has 4 nitrogen and oxygen atoms in total. The molecule has 0 saturated heterocycles. The molecule has 1 aromatic heterocycles. The molecule has 0 amide bonds. The fraction of sp³-hybridized carbons (Fsp3) is 0.167. The Kier molecular flexibility index (Phi) is 4.57. The summed E-state index contributed by atoms with van der Waals surface area (Å²) < 4.78 is 5.38. The van der Waals surface area contributed by atoms with Crippen molar-refractivity contribution in [2.75, 3.05) is 24.4 Å². The van der Waals surface area contributed by atoms with Crippen molar-refractivity contribution in [3.8, 4) is 5.75 Å². The smallest absolute Gasteiger partial charge is 0.145 e. The van der Waals surface area contributed by atoms with Crippen LogP contribution in [0.2, 0.25) is 0 Å². The fourth-order valence-electron chi connectivity index (χ4n) is 2.51. The Balaban J connectivity index is 1.91. The second kappa shape index (κ2) is 6.79. The summed E-state index contributed by atoms with van der Waals surface area (Å²) in [4.78, 5) is 5.65. The predicted octanol–water partition coefficient (Wildman–Crippen LogP) is 4.16. The maximum atomic E-state index is 6.12. The number of aromatic nitrogens is 1. The first-order chi connectivity index (χ1) is 11.2. The standard InChI is InChI=1S/C18H19N3OS/c1-22-16-5-3-4-14-17(15(19)11-21-18(14)16)20-10-12-6-8-13(23-2)9-7-12/h3-9,11H,10,19H2,1-2H3,(H,20,21). The summed E-state index contributed by atoms with van der Waals surface area (Å²) in [6.07, 6.45) is 3.74. The Bertz CT molecular complexity index is 818. The van der Waals surface area contributed by atoms with Gasteiger partial charge in [0.05, 0.1) is 24.7 Å². The zero-order valence-electron chi connectivity index (χ0n) is 13.2. The van der Waals surface area contributed by atoms with Gasteiger partial charge < -0.3 is 15.8 Å². The van der Waals surface area contributed by atoms with Gasteiger partial charge in [0.25, 0.3) is 0 Å². The van der Waals surface area contributed by atoms with E-state index in [9.17, 15) is 0 Å². The van der Waals surface area contributed by atoms with E-state index in [-0.39, 0.29) is 0 Å². The first kappa shape index (κ1) is 15.5. The molecule has 0 bridgehead atoms. The highest BCUT2D eigenvalue weighted by molar-refractivity contribution is 7.98. The molecule has 3 N–H and O–H groups in total. The van der Waals surface area contributed by atoms with Gasteiger partial charge in [-0.3, -0.25) is 4.98 Å². The van der Waals surface area contributed by atoms with Crippen LogP contribution < -0.4 is 15.8 Å². The first-order valence-electron chi connectivity index (χ1n) is 7.31. The molecule has 0 aliphatic rings. The van der Waals surface area contributed by atoms with Gasteiger partial charge in [-0.25, -0.2) is 0 Å². The van der Waals surface area contributed by atoms with Gasteiger partial charge in [0.15, 0.2) is 0 Å². The van der Waals surface area contributed by atoms with Crippen LogP contribution in [0.4, 0.5) is 11.4 Å². The highest BCUT2D eigenvalue weighted by Gasteiger charge is 2.10. The van der Waals surface area contributed by atoms with Gasteiger partial charge >= 0.3 is 0 Å². The van der Waals surface area contributed by atoms with E-state index < -0.39 is 0 Å². The van der Waals surface area contributed by atoms with Gasteiger partial charge in [0, 0.05) is 16.8 Å². The van der Waals surface area contributed by atoms with Crippen LogP contribution in [0.25, 0.3) is 10.9 Å². The van der Waals surface area contributed by atoms with Gasteiger partial charge in [0.1, 0.15) is 11.3 Å². The summed E-state index contributed by atoms with van der Waals surface area (Å²) in [5.74, 6) is 0.745. The molecule has 0 spiro atoms. The number of anilines is 2. The summed E-state index contributed by atoms with van der Waals surface area (Å²) in [5.41, 5.74) is 9.65. The van der Waals surface area contributed by atoms with E-state index >= 15 is 0 Å². The minimum atomic E-state index is 0.631. The lowest BCUT2D eigenvalue weighted by atomic mass is 10.1. The van der Waals surface area contributed by atoms with Crippen LogP contribution >= 0.6 is 11.8 Å². The summed E-state index contributed by atoms with van der Waals surface area (Å²) in [6.45, 7) is 0.704. The average Bonchev–Trinajstić information content (AvgIpc) is 2.60. The number of nitrogens with zero attached hydrogens (tertiary/aromatic N) is 1. The summed E-state index contributed by atoms with van der Waals surface area (Å²) >= 11 is 1.74. The molecular formula is C18H19N3OS. The molecule has 0 aliphatic heterocycles. The van der Waals surface area contributed by atoms with E-state index in [0.29, 0.717) is 12.2 Å². The minimum Gasteiger partial charge on any atom is -0.494 e. The SMILES string of the molecule is COc1cccc2c(NCc3ccc(SC)cc3)c(N)cnc12. The van der Waals surface area contributed by atoms with Gasteiger partial charge in [0.2, 0.25) is 0 Å². The van der Waals surface area contributed by atoms with Crippen molar-refractivity contribution < 1.29 is 4.74 Å². The molecule has 0 radical (unpaired) electrons. The quantitative estimate of drug-likeness (QED) is 0.690. The van der Waals surface area contributed by atoms with Crippen LogP contribution in [0, 0.1) is 0 Å². The monoisotopic (exact) mass is 325 g/mol. The first-order valence-corrected chi connectivity index (χ1v) is 8.53. The van der Waals surface area contributed by atoms with Crippen LogP contribution in [-0.2, 0) is 6.54 Å². The van der Waals surface area contributed by atoms with Crippen molar-refractivity contribution in [1.82, 2.24) is 4.98 Å². The minimum absolute atomic E-state index is 0.631. The maximum absolute atomic E-state index is 6.12. The van der Waals surface area contributed by atoms with Gasteiger partial charge in [-0.05, 0) is 30.0 Å². The Labute approximate surface area is 140 Å². The summed E-state index contributed by atoms with van der Waals surface area (Å²) in [6, 6.07) is 14.3. The van der Waals surface area contributed by atoms with E-state index in [1.807, 2.05) is 18.2 Å². The number of nitrogens with two attached hydrogens (primary N) is 1. The molecule has 5 heteroatoms. The van der Waals surface area contributed by atoms with Crippen molar-refractivity contribution in [1.29, 1.82) is 0 Å². The highest BCUT2D eigenvalue weighted by Crippen LogP contribution is 2.33. The van der Waals surface area contributed by atoms with E-state index in [0.717, 1.165) is 22.3 Å². The molecule has 2 aromatic carbocycles. The molecule has 0 aliphatic carbocycles. The van der Waals surface area contributed by atoms with E-state index in [4.69, 9.17) is 10.5 Å². The molecule has 3 aromatic rings. The molecule has 23 heavy (non-hydrogen) atoms. The lowest BCUT2D eigenvalue weighted by Crippen LogP contribution is -2.04. The summed E-state index contributed by atoms with van der Waals surface area (Å²) in [5, 5.41) is 4.40. The molecule has 0 atom stereocenters. The van der Waals surface area contributed by atoms with Crippen molar-refractivity contribution >= 4 is 34.0 Å². The predicted molar refractivity (Wildman–Crippen MR) is 98.3 cm³/mol. The zero-order valence-corrected chi connectivity index (χ0v) is 14.0. The molecule has 118 valence electrons. The largest absolute Gasteiger partial charge is 0.494 e. The van der Waals surface area contributed by atoms with Crippen LogP contribution in [0.1, 0.15) is 5.56 Å². The number of thioether (sulfide) groups is 1. The lowest BCUT2D eigenvalue weighted by molar-refractivity contribution is 0.419. The number of rotatable bonds is 5. The molecular weight excluding hydrogens is 306 g/mol. The highest BCUT2D eigenvalue weighted by atomic mass is 32.2. The fourth-order valence-corrected chi connectivity index (χ4v) is 2.92. The summed E-state index contributed by atoms with van der Waals surface area (Å²) in [7, 11) is 1.65. The number of fused-ring (bicyclic) bond motifs is 1. The number of benzene rings is 2. The molecule has 0 unspecified atom stereocenters. The Morgan fingerprint density at radius 1 is 1.17 bits per heavy atom. The number of ether oxygens (including phenoxy) is 1. The third-order valence-electron chi connectivity index (χ3n) is 3.74. The third-order valence-corrected chi connectivity index (χ3v) is 4.48. The van der Waals surface area contributed by atoms with E-state index in [1.165, 1.54) is 10.5 Å². The molecule has 0 saturated carbocycles. The van der Waals surface area contributed by atoms with Gasteiger partial charge in [-0.15, -0.1) is 11.8 Å². The number of hydrogen-bond acceptors (Lipinski definition) is 5. The van der Waals surface area contributed by atoms with Gasteiger partial charge in [-0.1, -0.05) is 24.3 Å². The number of methoxy groups -OCH3 is 1. The molecule has 1 heterocycles.